The van der Waals surface area contributed by atoms with E-state index >= 15 is 0 Å². The van der Waals surface area contributed by atoms with E-state index in [-0.39, 0.29) is 6.29 Å². The van der Waals surface area contributed by atoms with Crippen LogP contribution >= 0.6 is 0 Å². The molecular weight excluding hydrogens is 394 g/mol. The number of carbonyl (C=O) groups is 1. The third-order valence-electron chi connectivity index (χ3n) is 6.12. The van der Waals surface area contributed by atoms with E-state index in [1.54, 1.807) is 0 Å². The standard InChI is InChI=1S/C24H27N3O4/c28-24(29)22-19-8-4-5-9-20(19)27(18-6-2-1-3-7-18)23(22)26-14-12-25(13-15-26)11-10-21-30-16-17-31-21/h1-9,21H,10-17H2,(H,28,29). The number of nitrogens with zero attached hydrogens (tertiary/aromatic N) is 3. The van der Waals surface area contributed by atoms with Crippen molar-refractivity contribution in [1.82, 2.24) is 9.47 Å². The van der Waals surface area contributed by atoms with Gasteiger partial charge in [-0.2, -0.15) is 0 Å². The largest absolute Gasteiger partial charge is 0.478 e. The Bertz CT molecular complexity index is 1050. The van der Waals surface area contributed by atoms with Gasteiger partial charge in [0.05, 0.1) is 18.7 Å². The fourth-order valence-electron chi connectivity index (χ4n) is 4.62. The Morgan fingerprint density at radius 3 is 2.32 bits per heavy atom. The maximum atomic E-state index is 12.4. The second kappa shape index (κ2) is 8.70. The highest BCUT2D eigenvalue weighted by Crippen LogP contribution is 2.36. The summed E-state index contributed by atoms with van der Waals surface area (Å²) in [4.78, 5) is 17.0. The minimum atomic E-state index is -0.890. The molecule has 2 saturated heterocycles. The van der Waals surface area contributed by atoms with Gasteiger partial charge in [0.15, 0.2) is 6.29 Å². The van der Waals surface area contributed by atoms with Crippen molar-refractivity contribution in [2.45, 2.75) is 12.7 Å². The first kappa shape index (κ1) is 20.1. The number of hydrogen-bond acceptors (Lipinski definition) is 5. The SMILES string of the molecule is O=C(O)c1c(N2CCN(CCC3OCCO3)CC2)n(-c2ccccc2)c2ccccc12. The lowest BCUT2D eigenvalue weighted by Gasteiger charge is -2.37. The molecule has 3 aromatic rings. The zero-order valence-electron chi connectivity index (χ0n) is 17.4. The molecule has 2 aliphatic heterocycles. The summed E-state index contributed by atoms with van der Waals surface area (Å²) in [5.74, 6) is -0.124. The molecule has 2 aliphatic rings. The van der Waals surface area contributed by atoms with Gasteiger partial charge in [0.2, 0.25) is 0 Å². The maximum Gasteiger partial charge on any atom is 0.340 e. The number of piperazine rings is 1. The molecule has 0 spiro atoms. The van der Waals surface area contributed by atoms with E-state index in [1.807, 2.05) is 54.6 Å². The number of aromatic nitrogens is 1. The molecule has 0 unspecified atom stereocenters. The van der Waals surface area contributed by atoms with Gasteiger partial charge < -0.3 is 19.5 Å². The zero-order chi connectivity index (χ0) is 21.2. The van der Waals surface area contributed by atoms with Crippen molar-refractivity contribution in [2.75, 3.05) is 50.8 Å². The van der Waals surface area contributed by atoms with Crippen molar-refractivity contribution < 1.29 is 19.4 Å². The van der Waals surface area contributed by atoms with E-state index < -0.39 is 5.97 Å². The summed E-state index contributed by atoms with van der Waals surface area (Å²) < 4.78 is 13.2. The molecule has 3 heterocycles. The van der Waals surface area contributed by atoms with Gasteiger partial charge in [0.1, 0.15) is 11.4 Å². The van der Waals surface area contributed by atoms with Gasteiger partial charge >= 0.3 is 5.97 Å². The van der Waals surface area contributed by atoms with Gasteiger partial charge in [0.25, 0.3) is 0 Å². The molecular formula is C24H27N3O4. The molecule has 0 bridgehead atoms. The first-order chi connectivity index (χ1) is 15.2. The van der Waals surface area contributed by atoms with E-state index in [9.17, 15) is 9.90 Å². The van der Waals surface area contributed by atoms with Gasteiger partial charge in [-0.15, -0.1) is 0 Å². The highest BCUT2D eigenvalue weighted by Gasteiger charge is 2.29. The lowest BCUT2D eigenvalue weighted by atomic mass is 10.1. The van der Waals surface area contributed by atoms with Crippen molar-refractivity contribution in [2.24, 2.45) is 0 Å². The minimum absolute atomic E-state index is 0.0859. The van der Waals surface area contributed by atoms with Gasteiger partial charge in [-0.05, 0) is 18.2 Å². The lowest BCUT2D eigenvalue weighted by molar-refractivity contribution is -0.0517. The van der Waals surface area contributed by atoms with Gasteiger partial charge in [-0.1, -0.05) is 36.4 Å². The van der Waals surface area contributed by atoms with Crippen LogP contribution in [0.15, 0.2) is 54.6 Å². The number of carboxylic acids is 1. The lowest BCUT2D eigenvalue weighted by Crippen LogP contribution is -2.48. The molecule has 1 aromatic heterocycles. The maximum absolute atomic E-state index is 12.4. The first-order valence-corrected chi connectivity index (χ1v) is 10.8. The quantitative estimate of drug-likeness (QED) is 0.659. The van der Waals surface area contributed by atoms with Crippen molar-refractivity contribution in [3.8, 4) is 5.69 Å². The van der Waals surface area contributed by atoms with Crippen molar-refractivity contribution in [3.05, 3.63) is 60.2 Å². The average molecular weight is 421 g/mol. The highest BCUT2D eigenvalue weighted by molar-refractivity contribution is 6.10. The van der Waals surface area contributed by atoms with Crippen LogP contribution < -0.4 is 4.90 Å². The number of rotatable bonds is 6. The Balaban J connectivity index is 1.45. The Morgan fingerprint density at radius 2 is 1.61 bits per heavy atom. The van der Waals surface area contributed by atoms with Gasteiger partial charge in [-0.3, -0.25) is 9.47 Å². The molecule has 0 radical (unpaired) electrons. The van der Waals surface area contributed by atoms with Crippen molar-refractivity contribution >= 4 is 22.7 Å². The van der Waals surface area contributed by atoms with E-state index in [1.165, 1.54) is 0 Å². The third-order valence-corrected chi connectivity index (χ3v) is 6.12. The summed E-state index contributed by atoms with van der Waals surface area (Å²) in [5.41, 5.74) is 2.26. The molecule has 31 heavy (non-hydrogen) atoms. The second-order valence-corrected chi connectivity index (χ2v) is 7.98. The fourth-order valence-corrected chi connectivity index (χ4v) is 4.62. The van der Waals surface area contributed by atoms with Gasteiger partial charge in [-0.25, -0.2) is 4.79 Å². The zero-order valence-corrected chi connectivity index (χ0v) is 17.4. The number of anilines is 1. The molecule has 2 fully saturated rings. The molecule has 0 aliphatic carbocycles. The number of fused-ring (bicyclic) bond motifs is 1. The number of carboxylic acid groups (broad SMARTS) is 1. The van der Waals surface area contributed by atoms with Crippen molar-refractivity contribution in [1.29, 1.82) is 0 Å². The molecule has 7 heteroatoms. The molecule has 7 nitrogen and oxygen atoms in total. The topological polar surface area (TPSA) is 67.2 Å². The summed E-state index contributed by atoms with van der Waals surface area (Å²) in [6, 6.07) is 17.8. The van der Waals surface area contributed by atoms with Crippen LogP contribution in [-0.2, 0) is 9.47 Å². The Hall–Kier alpha value is -2.87. The molecule has 0 atom stereocenters. The van der Waals surface area contributed by atoms with Crippen molar-refractivity contribution in [3.63, 3.8) is 0 Å². The van der Waals surface area contributed by atoms with E-state index in [0.717, 1.165) is 61.6 Å². The Morgan fingerprint density at radius 1 is 0.935 bits per heavy atom. The Labute approximate surface area is 181 Å². The van der Waals surface area contributed by atoms with Crippen LogP contribution in [0.25, 0.3) is 16.6 Å². The van der Waals surface area contributed by atoms with E-state index in [4.69, 9.17) is 9.47 Å². The van der Waals surface area contributed by atoms with E-state index in [2.05, 4.69) is 14.4 Å². The van der Waals surface area contributed by atoms with Crippen LogP contribution in [0, 0.1) is 0 Å². The predicted molar refractivity (Wildman–Crippen MR) is 119 cm³/mol. The second-order valence-electron chi connectivity index (χ2n) is 7.98. The van der Waals surface area contributed by atoms with Crippen LogP contribution in [0.3, 0.4) is 0 Å². The number of benzene rings is 2. The number of hydrogen-bond donors (Lipinski definition) is 1. The molecule has 0 saturated carbocycles. The normalized spacial score (nSPS) is 18.1. The molecule has 2 aromatic carbocycles. The first-order valence-electron chi connectivity index (χ1n) is 10.8. The fraction of sp³-hybridized carbons (Fsp3) is 0.375. The minimum Gasteiger partial charge on any atom is -0.478 e. The van der Waals surface area contributed by atoms with Crippen LogP contribution in [0.5, 0.6) is 0 Å². The summed E-state index contributed by atoms with van der Waals surface area (Å²) in [6.07, 6.45) is 0.780. The third kappa shape index (κ3) is 3.92. The highest BCUT2D eigenvalue weighted by atomic mass is 16.7. The summed E-state index contributed by atoms with van der Waals surface area (Å²) >= 11 is 0. The van der Waals surface area contributed by atoms with Crippen LogP contribution in [0.4, 0.5) is 5.82 Å². The van der Waals surface area contributed by atoms with Crippen LogP contribution in [0.2, 0.25) is 0 Å². The smallest absolute Gasteiger partial charge is 0.340 e. The number of aromatic carboxylic acids is 1. The number of ether oxygens (including phenoxy) is 2. The summed E-state index contributed by atoms with van der Waals surface area (Å²) in [5, 5.41) is 10.9. The average Bonchev–Trinajstić information content (AvgIpc) is 3.44. The molecule has 0 amide bonds. The summed E-state index contributed by atoms with van der Waals surface area (Å²) in [7, 11) is 0. The van der Waals surface area contributed by atoms with E-state index in [0.29, 0.717) is 18.8 Å². The Kier molecular flexibility index (Phi) is 5.63. The predicted octanol–water partition coefficient (Wildman–Crippen LogP) is 3.21. The molecule has 1 N–H and O–H groups in total. The molecule has 162 valence electrons. The summed E-state index contributed by atoms with van der Waals surface area (Å²) in [6.45, 7) is 5.59. The molecule has 5 rings (SSSR count). The van der Waals surface area contributed by atoms with Crippen LogP contribution in [-0.4, -0.2) is 72.8 Å². The number of para-hydroxylation sites is 2. The van der Waals surface area contributed by atoms with Gasteiger partial charge in [0, 0.05) is 50.2 Å². The van der Waals surface area contributed by atoms with Crippen LogP contribution in [0.1, 0.15) is 16.8 Å². The monoisotopic (exact) mass is 421 g/mol.